The molecule has 9 heteroatoms. The normalized spacial score (nSPS) is 12.0. The van der Waals surface area contributed by atoms with E-state index in [1.165, 1.54) is 11.0 Å². The van der Waals surface area contributed by atoms with Crippen LogP contribution in [-0.2, 0) is 32.6 Å². The Labute approximate surface area is 230 Å². The summed E-state index contributed by atoms with van der Waals surface area (Å²) in [5, 5.41) is 2.91. The standard InChI is InChI=1S/C30H36FN3O4S/c1-4-5-19-32-30(36)28(20-24-14-7-6-8-15-24)33(21-25-16-10-11-17-26(25)31)29(35)22-34(39(3,37)38)27-18-12-9-13-23(27)2/h6-18,28H,4-5,19-22H2,1-3H3,(H,32,36). The Hall–Kier alpha value is -3.72. The van der Waals surface area contributed by atoms with Gasteiger partial charge in [-0.1, -0.05) is 80.1 Å². The van der Waals surface area contributed by atoms with Crippen molar-refractivity contribution in [3.8, 4) is 0 Å². The number of sulfonamides is 1. The van der Waals surface area contributed by atoms with Crippen LogP contribution in [0.3, 0.4) is 0 Å². The number of hydrogen-bond acceptors (Lipinski definition) is 4. The van der Waals surface area contributed by atoms with Gasteiger partial charge in [0.05, 0.1) is 11.9 Å². The predicted octanol–water partition coefficient (Wildman–Crippen LogP) is 4.46. The van der Waals surface area contributed by atoms with Gasteiger partial charge in [-0.25, -0.2) is 12.8 Å². The molecule has 1 N–H and O–H groups in total. The van der Waals surface area contributed by atoms with Crippen molar-refractivity contribution in [2.24, 2.45) is 0 Å². The van der Waals surface area contributed by atoms with E-state index < -0.39 is 34.3 Å². The summed E-state index contributed by atoms with van der Waals surface area (Å²) in [6.07, 6.45) is 2.86. The summed E-state index contributed by atoms with van der Waals surface area (Å²) in [6, 6.07) is 21.2. The van der Waals surface area contributed by atoms with Gasteiger partial charge in [-0.15, -0.1) is 0 Å². The van der Waals surface area contributed by atoms with Gasteiger partial charge in [-0.2, -0.15) is 0 Å². The van der Waals surface area contributed by atoms with Gasteiger partial charge in [0.25, 0.3) is 0 Å². The van der Waals surface area contributed by atoms with Crippen LogP contribution < -0.4 is 9.62 Å². The number of amides is 2. The summed E-state index contributed by atoms with van der Waals surface area (Å²) in [6.45, 7) is 3.46. The highest BCUT2D eigenvalue weighted by atomic mass is 32.2. The maximum Gasteiger partial charge on any atom is 0.244 e. The molecule has 1 unspecified atom stereocenters. The Morgan fingerprint density at radius 2 is 1.59 bits per heavy atom. The smallest absolute Gasteiger partial charge is 0.244 e. The first kappa shape index (κ1) is 29.8. The van der Waals surface area contributed by atoms with Crippen LogP contribution in [-0.4, -0.2) is 50.5 Å². The number of benzene rings is 3. The maximum absolute atomic E-state index is 14.8. The van der Waals surface area contributed by atoms with Crippen molar-refractivity contribution in [3.05, 3.63) is 101 Å². The van der Waals surface area contributed by atoms with E-state index in [1.54, 1.807) is 49.4 Å². The summed E-state index contributed by atoms with van der Waals surface area (Å²) in [5.74, 6) is -1.50. The molecule has 0 aromatic heterocycles. The molecular weight excluding hydrogens is 517 g/mol. The molecule has 39 heavy (non-hydrogen) atoms. The molecule has 0 aliphatic heterocycles. The molecule has 0 bridgehead atoms. The van der Waals surface area contributed by atoms with Gasteiger partial charge in [0.1, 0.15) is 18.4 Å². The van der Waals surface area contributed by atoms with E-state index >= 15 is 0 Å². The van der Waals surface area contributed by atoms with Gasteiger partial charge < -0.3 is 10.2 Å². The second-order valence-corrected chi connectivity index (χ2v) is 11.4. The molecular formula is C30H36FN3O4S. The van der Waals surface area contributed by atoms with E-state index in [1.807, 2.05) is 37.3 Å². The molecule has 0 saturated heterocycles. The Bertz CT molecular complexity index is 1370. The number of carbonyl (C=O) groups excluding carboxylic acids is 2. The van der Waals surface area contributed by atoms with Crippen LogP contribution in [0.25, 0.3) is 0 Å². The number of anilines is 1. The van der Waals surface area contributed by atoms with Gasteiger partial charge in [-0.3, -0.25) is 13.9 Å². The van der Waals surface area contributed by atoms with Crippen molar-refractivity contribution in [3.63, 3.8) is 0 Å². The van der Waals surface area contributed by atoms with Gasteiger partial charge in [0, 0.05) is 25.1 Å². The third-order valence-electron chi connectivity index (χ3n) is 6.46. The Morgan fingerprint density at radius 1 is 0.949 bits per heavy atom. The SMILES string of the molecule is CCCCNC(=O)C(Cc1ccccc1)N(Cc1ccccc1F)C(=O)CN(c1ccccc1C)S(C)(=O)=O. The van der Waals surface area contributed by atoms with Crippen LogP contribution in [0.5, 0.6) is 0 Å². The van der Waals surface area contributed by atoms with Crippen LogP contribution in [0.2, 0.25) is 0 Å². The molecule has 0 spiro atoms. The fourth-order valence-electron chi connectivity index (χ4n) is 4.31. The quantitative estimate of drug-likeness (QED) is 0.317. The fraction of sp³-hybridized carbons (Fsp3) is 0.333. The number of para-hydroxylation sites is 1. The lowest BCUT2D eigenvalue weighted by Crippen LogP contribution is -2.53. The minimum absolute atomic E-state index is 0.183. The fourth-order valence-corrected chi connectivity index (χ4v) is 5.22. The average Bonchev–Trinajstić information content (AvgIpc) is 2.90. The third-order valence-corrected chi connectivity index (χ3v) is 7.59. The number of aryl methyl sites for hydroxylation is 1. The second-order valence-electron chi connectivity index (χ2n) is 9.52. The lowest BCUT2D eigenvalue weighted by molar-refractivity contribution is -0.140. The largest absolute Gasteiger partial charge is 0.354 e. The van der Waals surface area contributed by atoms with E-state index in [2.05, 4.69) is 5.32 Å². The second kappa shape index (κ2) is 13.9. The number of nitrogens with zero attached hydrogens (tertiary/aromatic N) is 2. The molecule has 0 aliphatic carbocycles. The number of carbonyl (C=O) groups is 2. The minimum Gasteiger partial charge on any atom is -0.354 e. The molecule has 3 aromatic carbocycles. The van der Waals surface area contributed by atoms with E-state index in [-0.39, 0.29) is 24.4 Å². The molecule has 2 amide bonds. The summed E-state index contributed by atoms with van der Waals surface area (Å²) in [5.41, 5.74) is 2.09. The minimum atomic E-state index is -3.86. The number of hydrogen-bond donors (Lipinski definition) is 1. The summed E-state index contributed by atoms with van der Waals surface area (Å²) < 4.78 is 41.5. The van der Waals surface area contributed by atoms with Gasteiger partial charge in [-0.05, 0) is 36.6 Å². The van der Waals surface area contributed by atoms with Crippen molar-refractivity contribution < 1.29 is 22.4 Å². The zero-order valence-corrected chi connectivity index (χ0v) is 23.5. The van der Waals surface area contributed by atoms with Crippen LogP contribution >= 0.6 is 0 Å². The number of rotatable bonds is 13. The number of unbranched alkanes of at least 4 members (excludes halogenated alkanes) is 1. The Morgan fingerprint density at radius 3 is 2.23 bits per heavy atom. The van der Waals surface area contributed by atoms with Crippen molar-refractivity contribution in [1.29, 1.82) is 0 Å². The summed E-state index contributed by atoms with van der Waals surface area (Å²) in [4.78, 5) is 28.8. The van der Waals surface area contributed by atoms with Crippen LogP contribution in [0.4, 0.5) is 10.1 Å². The molecule has 0 fully saturated rings. The van der Waals surface area contributed by atoms with Crippen molar-refractivity contribution >= 4 is 27.5 Å². The molecule has 0 aliphatic rings. The molecule has 0 heterocycles. The molecule has 3 aromatic rings. The van der Waals surface area contributed by atoms with Gasteiger partial charge >= 0.3 is 0 Å². The highest BCUT2D eigenvalue weighted by molar-refractivity contribution is 7.92. The highest BCUT2D eigenvalue weighted by Gasteiger charge is 2.33. The third kappa shape index (κ3) is 8.38. The molecule has 3 rings (SSSR count). The lowest BCUT2D eigenvalue weighted by atomic mass is 10.0. The topological polar surface area (TPSA) is 86.8 Å². The predicted molar refractivity (Wildman–Crippen MR) is 152 cm³/mol. The monoisotopic (exact) mass is 553 g/mol. The van der Waals surface area contributed by atoms with Crippen LogP contribution in [0.1, 0.15) is 36.5 Å². The molecule has 0 radical (unpaired) electrons. The van der Waals surface area contributed by atoms with E-state index in [0.717, 1.165) is 29.0 Å². The number of nitrogens with one attached hydrogen (secondary N) is 1. The highest BCUT2D eigenvalue weighted by Crippen LogP contribution is 2.24. The van der Waals surface area contributed by atoms with Gasteiger partial charge in [0.15, 0.2) is 0 Å². The van der Waals surface area contributed by atoms with Crippen molar-refractivity contribution in [2.45, 2.75) is 45.7 Å². The van der Waals surface area contributed by atoms with E-state index in [4.69, 9.17) is 0 Å². The van der Waals surface area contributed by atoms with Crippen molar-refractivity contribution in [1.82, 2.24) is 10.2 Å². The molecule has 1 atom stereocenters. The number of halogens is 1. The first-order valence-corrected chi connectivity index (χ1v) is 14.8. The summed E-state index contributed by atoms with van der Waals surface area (Å²) in [7, 11) is -3.86. The van der Waals surface area contributed by atoms with Crippen molar-refractivity contribution in [2.75, 3.05) is 23.7 Å². The van der Waals surface area contributed by atoms with Crippen LogP contribution in [0.15, 0.2) is 78.9 Å². The molecule has 7 nitrogen and oxygen atoms in total. The van der Waals surface area contributed by atoms with Gasteiger partial charge in [0.2, 0.25) is 21.8 Å². The lowest BCUT2D eigenvalue weighted by Gasteiger charge is -2.34. The Kier molecular flexibility index (Phi) is 10.6. The maximum atomic E-state index is 14.8. The zero-order chi connectivity index (χ0) is 28.4. The molecule has 0 saturated carbocycles. The van der Waals surface area contributed by atoms with E-state index in [0.29, 0.717) is 17.8 Å². The van der Waals surface area contributed by atoms with Crippen LogP contribution in [0, 0.1) is 12.7 Å². The Balaban J connectivity index is 2.05. The molecule has 208 valence electrons. The first-order chi connectivity index (χ1) is 18.6. The zero-order valence-electron chi connectivity index (χ0n) is 22.6. The summed E-state index contributed by atoms with van der Waals surface area (Å²) >= 11 is 0. The average molecular weight is 554 g/mol. The van der Waals surface area contributed by atoms with E-state index in [9.17, 15) is 22.4 Å². The first-order valence-electron chi connectivity index (χ1n) is 13.0.